The number of rotatable bonds is 36. The van der Waals surface area contributed by atoms with Crippen LogP contribution < -0.4 is 31.4 Å². The molecule has 2 aliphatic rings. The number of fused-ring (bicyclic) bond motifs is 2. The molecule has 7 rings (SSSR count). The van der Waals surface area contributed by atoms with Gasteiger partial charge in [-0.2, -0.15) is 29.8 Å². The molecule has 2 heterocycles. The van der Waals surface area contributed by atoms with Crippen LogP contribution in [0, 0.1) is 0 Å². The fourth-order valence-corrected chi connectivity index (χ4v) is 16.1. The Balaban J connectivity index is 1.08. The summed E-state index contributed by atoms with van der Waals surface area (Å²) >= 11 is 0. The Bertz CT molecular complexity index is 4040. The Morgan fingerprint density at radius 3 is 1.86 bits per heavy atom. The number of nitrogens with zero attached hydrogens (tertiary/aromatic N) is 2. The van der Waals surface area contributed by atoms with Gasteiger partial charge in [0, 0.05) is 78.5 Å². The van der Waals surface area contributed by atoms with Crippen molar-refractivity contribution in [2.24, 2.45) is 0 Å². The maximum absolute atomic E-state index is 13.6. The van der Waals surface area contributed by atoms with E-state index in [0.29, 0.717) is 89.4 Å². The van der Waals surface area contributed by atoms with Crippen LogP contribution in [-0.4, -0.2) is 165 Å². The number of unbranched alkanes of at least 4 members (excludes halogenated alkanes) is 2. The summed E-state index contributed by atoms with van der Waals surface area (Å²) < 4.78 is 164. The monoisotopic (exact) mass is 1380 g/mol. The fourth-order valence-electron chi connectivity index (χ4n) is 11.6. The highest BCUT2D eigenvalue weighted by molar-refractivity contribution is 7.86. The number of allylic oxidation sites excluding steroid dienone is 6. The first kappa shape index (κ1) is 73.6. The van der Waals surface area contributed by atoms with Gasteiger partial charge in [-0.3, -0.25) is 23.2 Å². The molecule has 502 valence electrons. The minimum atomic E-state index is -4.97. The van der Waals surface area contributed by atoms with Gasteiger partial charge in [-0.1, -0.05) is 85.3 Å². The summed E-state index contributed by atoms with van der Waals surface area (Å²) in [5, 5.41) is 8.29. The minimum Gasteiger partial charge on any atom is -0.744 e. The molecule has 28 heteroatoms. The summed E-state index contributed by atoms with van der Waals surface area (Å²) in [6, 6.07) is 32.4. The molecule has 93 heavy (non-hydrogen) atoms. The lowest BCUT2D eigenvalue weighted by Gasteiger charge is -2.30. The largest absolute Gasteiger partial charge is 0.744 e. The molecular weight excluding hydrogens is 1300 g/mol. The molecule has 0 aliphatic carbocycles. The highest BCUT2D eigenvalue weighted by Crippen LogP contribution is 2.52. The van der Waals surface area contributed by atoms with Crippen LogP contribution in [0.5, 0.6) is 0 Å². The highest BCUT2D eigenvalue weighted by atomic mass is 32.2. The number of carbonyl (C=O) groups excluding carboxylic acids is 3. The lowest BCUT2D eigenvalue weighted by molar-refractivity contribution is -0.442. The van der Waals surface area contributed by atoms with Crippen molar-refractivity contribution in [3.05, 3.63) is 174 Å². The van der Waals surface area contributed by atoms with Crippen LogP contribution in [0.2, 0.25) is 0 Å². The molecule has 0 saturated carbocycles. The third kappa shape index (κ3) is 20.1. The number of nitrogens with one attached hydrogen (secondary N) is 2. The minimum absolute atomic E-state index is 0.0441. The van der Waals surface area contributed by atoms with Crippen molar-refractivity contribution < 1.29 is 89.8 Å². The molecule has 5 aromatic rings. The number of methoxy groups -OCH3 is 2. The molecule has 2 aliphatic heterocycles. The topological polar surface area (TPSA) is 339 Å². The number of hydrogen-bond acceptors (Lipinski definition) is 17. The predicted molar refractivity (Wildman–Crippen MR) is 354 cm³/mol. The fraction of sp³-hybridized carbons (Fsp3) is 0.385. The maximum atomic E-state index is 13.6. The van der Waals surface area contributed by atoms with Crippen molar-refractivity contribution in [2.45, 2.75) is 85.8 Å². The smallest absolute Gasteiger partial charge is 0.338 e. The number of anilines is 1. The predicted octanol–water partition coefficient (Wildman–Crippen LogP) is 6.63. The Kier molecular flexibility index (Phi) is 26.1. The second-order valence-corrected chi connectivity index (χ2v) is 30.7. The zero-order chi connectivity index (χ0) is 67.6. The van der Waals surface area contributed by atoms with Crippen molar-refractivity contribution in [2.75, 3.05) is 89.8 Å². The molecule has 0 bridgehead atoms. The Morgan fingerprint density at radius 1 is 0.645 bits per heavy atom. The second kappa shape index (κ2) is 33.0. The molecule has 0 spiro atoms. The van der Waals surface area contributed by atoms with E-state index in [1.54, 1.807) is 69.5 Å². The summed E-state index contributed by atoms with van der Waals surface area (Å²) in [5.41, 5.74) is 1.54. The average Bonchev–Trinajstić information content (AvgIpc) is 1.60. The second-order valence-electron chi connectivity index (χ2n) is 22.6. The number of hydrogen-bond donors (Lipinski definition) is 5. The molecule has 0 radical (unpaired) electrons. The lowest BCUT2D eigenvalue weighted by Crippen LogP contribution is -2.35. The van der Waals surface area contributed by atoms with Gasteiger partial charge in [0.2, 0.25) is 11.6 Å². The highest BCUT2D eigenvalue weighted by Gasteiger charge is 2.48. The number of esters is 1. The van der Waals surface area contributed by atoms with E-state index < -0.39 is 87.5 Å². The van der Waals surface area contributed by atoms with Gasteiger partial charge in [0.05, 0.1) is 65.8 Å². The van der Waals surface area contributed by atoms with E-state index in [4.69, 9.17) is 18.9 Å². The number of carbonyl (C=O) groups is 3. The van der Waals surface area contributed by atoms with E-state index in [-0.39, 0.29) is 82.4 Å². The lowest BCUT2D eigenvalue weighted by atomic mass is 9.76. The third-order valence-corrected chi connectivity index (χ3v) is 21.9. The van der Waals surface area contributed by atoms with Crippen molar-refractivity contribution in [1.82, 2.24) is 10.6 Å². The number of ether oxygens (including phenoxy) is 4. The zero-order valence-electron chi connectivity index (χ0n) is 52.1. The zero-order valence-corrected chi connectivity index (χ0v) is 56.3. The Labute approximate surface area is 545 Å². The first-order chi connectivity index (χ1) is 44.1. The van der Waals surface area contributed by atoms with Crippen molar-refractivity contribution in [3.63, 3.8) is 0 Å². The van der Waals surface area contributed by atoms with Gasteiger partial charge < -0.3 is 39.0 Å². The molecule has 2 amide bonds. The van der Waals surface area contributed by atoms with E-state index in [1.165, 1.54) is 43.5 Å². The molecule has 0 saturated heterocycles. The van der Waals surface area contributed by atoms with Crippen LogP contribution in [-0.2, 0) is 75.0 Å². The third-order valence-electron chi connectivity index (χ3n) is 16.1. The molecule has 23 nitrogen and oxygen atoms in total. The molecule has 0 fully saturated rings. The first-order valence-electron chi connectivity index (χ1n) is 30.0. The summed E-state index contributed by atoms with van der Waals surface area (Å²) in [6.45, 7) is 5.78. The van der Waals surface area contributed by atoms with E-state index in [0.717, 1.165) is 10.6 Å². The SMILES string of the molecule is COCCOCCOCC[N+]1=C(/C=C/C=C/C=C2/N(CCCCCC(=O)NCCNC(=O)c3ccc(C(=O)OC)c(P(c4ccccc4)c4ccccc4)c3)c3ccc(S(=O)(=O)[O-])cc3C2(C)CCCS(=O)(=O)O)C(C)(CCCS(=O)(=O)O)c2cc(S(=O)(=O)O)ccc21. The van der Waals surface area contributed by atoms with Gasteiger partial charge in [0.1, 0.15) is 16.7 Å². The first-order valence-corrected chi connectivity index (χ1v) is 37.4. The van der Waals surface area contributed by atoms with Crippen LogP contribution in [0.25, 0.3) is 0 Å². The molecule has 5 N–H and O–H groups in total. The standard InChI is InChI=1S/C65H79N4O19PS4/c1-64(32-17-43-90(73,74)75)54-46-51(92(79,80)81)27-30-56(54)68(36-16-8-15-25-61(70)66-34-35-67-62(71)48-26-29-53(63(72)86-4)58(45-48)89(49-19-9-5-10-20-49)50-21-11-6-12-22-50)59(64)23-13-7-14-24-60-65(2,33-18-44-91(76,77)78)55-47-52(93(82,83)84)28-31-57(55)69(60)37-38-87-41-42-88-40-39-85-3/h5-7,9-14,19-24,26-31,45-47H,8,15-18,25,32-44H2,1-4H3,(H5-,66,67,70,71,73,74,75,76,77,78,79,80,81,82,83,84). The molecular formula is C65H79N4O19PS4. The summed E-state index contributed by atoms with van der Waals surface area (Å²) in [4.78, 5) is 40.9. The number of amides is 2. The van der Waals surface area contributed by atoms with Crippen LogP contribution in [0.4, 0.5) is 11.4 Å². The van der Waals surface area contributed by atoms with Gasteiger partial charge >= 0.3 is 5.97 Å². The molecule has 5 aromatic carbocycles. The summed E-state index contributed by atoms with van der Waals surface area (Å²) in [7, 11) is -16.9. The van der Waals surface area contributed by atoms with Gasteiger partial charge in [-0.15, -0.1) is 0 Å². The molecule has 2 unspecified atom stereocenters. The van der Waals surface area contributed by atoms with Gasteiger partial charge in [-0.25, -0.2) is 13.2 Å². The van der Waals surface area contributed by atoms with Gasteiger partial charge in [0.15, 0.2) is 12.3 Å². The van der Waals surface area contributed by atoms with Gasteiger partial charge in [-0.05, 0) is 131 Å². The van der Waals surface area contributed by atoms with E-state index >= 15 is 0 Å². The summed E-state index contributed by atoms with van der Waals surface area (Å²) in [5.74, 6) is -2.41. The Morgan fingerprint density at radius 2 is 1.25 bits per heavy atom. The normalized spacial score (nSPS) is 17.2. The Hall–Kier alpha value is -6.85. The molecule has 2 atom stereocenters. The van der Waals surface area contributed by atoms with Crippen molar-refractivity contribution in [1.29, 1.82) is 0 Å². The quantitative estimate of drug-likeness (QED) is 0.00701. The van der Waals surface area contributed by atoms with Crippen molar-refractivity contribution in [3.8, 4) is 0 Å². The molecule has 0 aromatic heterocycles. The van der Waals surface area contributed by atoms with E-state index in [2.05, 4.69) is 10.6 Å². The van der Waals surface area contributed by atoms with Crippen LogP contribution in [0.1, 0.15) is 97.1 Å². The summed E-state index contributed by atoms with van der Waals surface area (Å²) in [6.07, 6.45) is 10.3. The van der Waals surface area contributed by atoms with Crippen LogP contribution in [0.15, 0.2) is 161 Å². The van der Waals surface area contributed by atoms with E-state index in [9.17, 15) is 66.3 Å². The van der Waals surface area contributed by atoms with Crippen molar-refractivity contribution >= 4 is 99.2 Å². The van der Waals surface area contributed by atoms with Crippen LogP contribution >= 0.6 is 7.92 Å². The maximum Gasteiger partial charge on any atom is 0.338 e. The van der Waals surface area contributed by atoms with E-state index in [1.807, 2.05) is 70.1 Å². The average molecular weight is 1380 g/mol. The van der Waals surface area contributed by atoms with Gasteiger partial charge in [0.25, 0.3) is 36.3 Å². The van der Waals surface area contributed by atoms with Crippen LogP contribution in [0.3, 0.4) is 0 Å². The number of benzene rings is 5.